The van der Waals surface area contributed by atoms with Gasteiger partial charge in [0.15, 0.2) is 7.14 Å². The van der Waals surface area contributed by atoms with Crippen LogP contribution < -0.4 is 15.9 Å². The molecule has 0 fully saturated rings. The molecule has 0 aliphatic heterocycles. The number of benzene rings is 2. The summed E-state index contributed by atoms with van der Waals surface area (Å²) < 4.78 is 15.4. The van der Waals surface area contributed by atoms with E-state index in [4.69, 9.17) is 0 Å². The van der Waals surface area contributed by atoms with Gasteiger partial charge in [-0.3, -0.25) is 0 Å². The van der Waals surface area contributed by atoms with Gasteiger partial charge < -0.3 is 4.57 Å². The van der Waals surface area contributed by atoms with Crippen LogP contribution in [0.5, 0.6) is 0 Å². The minimum Gasteiger partial charge on any atom is -0.309 e. The first-order valence-electron chi connectivity index (χ1n) is 8.10. The lowest BCUT2D eigenvalue weighted by Crippen LogP contribution is -2.24. The Hall–Kier alpha value is -2.15. The highest BCUT2D eigenvalue weighted by atomic mass is 79.9. The first-order chi connectivity index (χ1) is 12.2. The molecule has 4 rings (SSSR count). The largest absolute Gasteiger partial charge is 0.309 e. The van der Waals surface area contributed by atoms with Gasteiger partial charge in [-0.2, -0.15) is 0 Å². The second-order valence-electron chi connectivity index (χ2n) is 5.90. The molecule has 0 unspecified atom stereocenters. The highest BCUT2D eigenvalue weighted by Gasteiger charge is 2.33. The summed E-state index contributed by atoms with van der Waals surface area (Å²) in [4.78, 5) is 0. The Kier molecular flexibility index (Phi) is 4.33. The number of hydrogen-bond acceptors (Lipinski definition) is 1. The fourth-order valence-electron chi connectivity index (χ4n) is 3.17. The summed E-state index contributed by atoms with van der Waals surface area (Å²) in [5.41, 5.74) is 2.16. The van der Waals surface area contributed by atoms with Crippen LogP contribution in [0.3, 0.4) is 0 Å². The fourth-order valence-corrected chi connectivity index (χ4v) is 7.15. The van der Waals surface area contributed by atoms with Gasteiger partial charge in [-0.05, 0) is 33.1 Å². The maximum absolute atomic E-state index is 14.5. The number of halogens is 1. The number of fused-ring (bicyclic) bond motifs is 1. The molecule has 0 saturated heterocycles. The maximum atomic E-state index is 14.5. The Balaban J connectivity index is 2.06. The predicted octanol–water partition coefficient (Wildman–Crippen LogP) is 5.19. The molecule has 0 saturated carbocycles. The van der Waals surface area contributed by atoms with Crippen LogP contribution in [0.15, 0.2) is 102 Å². The fraction of sp³-hybridized carbons (Fsp3) is 0. The summed E-state index contributed by atoms with van der Waals surface area (Å²) in [5, 5.41) is 2.55. The van der Waals surface area contributed by atoms with Crippen LogP contribution >= 0.6 is 23.1 Å². The van der Waals surface area contributed by atoms with Crippen molar-refractivity contribution in [1.82, 2.24) is 0 Å². The van der Waals surface area contributed by atoms with Crippen molar-refractivity contribution >= 4 is 39.0 Å². The Morgan fingerprint density at radius 1 is 0.640 bits per heavy atom. The first kappa shape index (κ1) is 16.3. The van der Waals surface area contributed by atoms with Crippen molar-refractivity contribution in [1.29, 1.82) is 0 Å². The van der Waals surface area contributed by atoms with Crippen molar-refractivity contribution in [2.24, 2.45) is 0 Å². The Morgan fingerprint density at radius 3 is 1.68 bits per heavy atom. The van der Waals surface area contributed by atoms with Gasteiger partial charge >= 0.3 is 0 Å². The predicted molar refractivity (Wildman–Crippen MR) is 110 cm³/mol. The van der Waals surface area contributed by atoms with Gasteiger partial charge in [-0.25, -0.2) is 0 Å². The SMILES string of the molecule is O=P(c1ccccc1)(c1ccccc1)c1cc2cccccc-2c1Br. The Bertz CT molecular complexity index is 985. The van der Waals surface area contributed by atoms with Crippen molar-refractivity contribution in [3.63, 3.8) is 0 Å². The third kappa shape index (κ3) is 2.76. The average molecular weight is 407 g/mol. The molecule has 2 aliphatic carbocycles. The van der Waals surface area contributed by atoms with E-state index in [2.05, 4.69) is 34.1 Å². The van der Waals surface area contributed by atoms with Crippen LogP contribution in [0.25, 0.3) is 11.1 Å². The molecule has 2 aromatic carbocycles. The molecule has 0 atom stereocenters. The molecule has 122 valence electrons. The van der Waals surface area contributed by atoms with Crippen molar-refractivity contribution in [2.75, 3.05) is 0 Å². The van der Waals surface area contributed by atoms with Crippen LogP contribution in [0.1, 0.15) is 0 Å². The minimum atomic E-state index is -2.96. The zero-order valence-electron chi connectivity index (χ0n) is 13.5. The second kappa shape index (κ2) is 6.63. The van der Waals surface area contributed by atoms with Gasteiger partial charge in [0, 0.05) is 20.4 Å². The molecule has 0 amide bonds. The Labute approximate surface area is 156 Å². The quantitative estimate of drug-likeness (QED) is 0.427. The smallest absolute Gasteiger partial charge is 0.172 e. The van der Waals surface area contributed by atoms with Gasteiger partial charge in [0.05, 0.1) is 0 Å². The van der Waals surface area contributed by atoms with E-state index in [1.54, 1.807) is 0 Å². The van der Waals surface area contributed by atoms with Gasteiger partial charge in [0.2, 0.25) is 0 Å². The normalized spacial score (nSPS) is 11.6. The summed E-state index contributed by atoms with van der Waals surface area (Å²) in [6.07, 6.45) is 0. The Morgan fingerprint density at radius 2 is 1.12 bits per heavy atom. The summed E-state index contributed by atoms with van der Waals surface area (Å²) in [5.74, 6) is 0. The van der Waals surface area contributed by atoms with Crippen molar-refractivity contribution in [2.45, 2.75) is 0 Å². The molecule has 0 aromatic heterocycles. The lowest BCUT2D eigenvalue weighted by molar-refractivity contribution is 0.592. The molecule has 0 radical (unpaired) electrons. The van der Waals surface area contributed by atoms with Gasteiger partial charge in [-0.15, -0.1) is 0 Å². The van der Waals surface area contributed by atoms with Crippen LogP contribution in [0.4, 0.5) is 0 Å². The van der Waals surface area contributed by atoms with Gasteiger partial charge in [-0.1, -0.05) is 91.0 Å². The van der Waals surface area contributed by atoms with E-state index in [1.165, 1.54) is 0 Å². The van der Waals surface area contributed by atoms with Crippen molar-refractivity contribution < 1.29 is 4.57 Å². The zero-order valence-corrected chi connectivity index (χ0v) is 16.0. The number of hydrogen-bond donors (Lipinski definition) is 0. The summed E-state index contributed by atoms with van der Waals surface area (Å²) in [6.45, 7) is 0. The summed E-state index contributed by atoms with van der Waals surface area (Å²) >= 11 is 3.73. The van der Waals surface area contributed by atoms with Gasteiger partial charge in [0.25, 0.3) is 0 Å². The van der Waals surface area contributed by atoms with E-state index >= 15 is 0 Å². The second-order valence-corrected chi connectivity index (χ2v) is 9.43. The maximum Gasteiger partial charge on any atom is 0.172 e. The minimum absolute atomic E-state index is 0.849. The van der Waals surface area contributed by atoms with Crippen LogP contribution in [-0.4, -0.2) is 0 Å². The van der Waals surface area contributed by atoms with Crippen LogP contribution in [0.2, 0.25) is 0 Å². The van der Waals surface area contributed by atoms with Crippen LogP contribution in [-0.2, 0) is 4.57 Å². The van der Waals surface area contributed by atoms with E-state index < -0.39 is 7.14 Å². The molecule has 2 aliphatic rings. The molecule has 0 heterocycles. The lowest BCUT2D eigenvalue weighted by Gasteiger charge is -2.19. The number of rotatable bonds is 3. The van der Waals surface area contributed by atoms with E-state index in [9.17, 15) is 4.57 Å². The molecular formula is C22H16BrOP. The average Bonchev–Trinajstić information content (AvgIpc) is 2.85. The molecule has 0 spiro atoms. The summed E-state index contributed by atoms with van der Waals surface area (Å²) in [7, 11) is -2.96. The summed E-state index contributed by atoms with van der Waals surface area (Å²) in [6, 6.07) is 31.7. The monoisotopic (exact) mass is 406 g/mol. The van der Waals surface area contributed by atoms with E-state index in [-0.39, 0.29) is 0 Å². The first-order valence-corrected chi connectivity index (χ1v) is 10.6. The standard InChI is InChI=1S/C22H16BrOP/c23-22-20-15-9-1-4-10-17(20)16-21(22)25(24,18-11-5-2-6-12-18)19-13-7-3-8-14-19/h1-16H. The van der Waals surface area contributed by atoms with E-state index in [1.807, 2.05) is 78.9 Å². The van der Waals surface area contributed by atoms with Crippen molar-refractivity contribution in [3.8, 4) is 11.1 Å². The van der Waals surface area contributed by atoms with E-state index in [0.29, 0.717) is 0 Å². The topological polar surface area (TPSA) is 17.1 Å². The molecule has 25 heavy (non-hydrogen) atoms. The van der Waals surface area contributed by atoms with Crippen LogP contribution in [0, 0.1) is 0 Å². The molecule has 0 N–H and O–H groups in total. The van der Waals surface area contributed by atoms with E-state index in [0.717, 1.165) is 31.5 Å². The highest BCUT2D eigenvalue weighted by molar-refractivity contribution is 9.10. The third-order valence-electron chi connectivity index (χ3n) is 4.40. The molecule has 1 nitrogen and oxygen atoms in total. The molecule has 2 aromatic rings. The van der Waals surface area contributed by atoms with Crippen molar-refractivity contribution in [3.05, 3.63) is 102 Å². The highest BCUT2D eigenvalue weighted by Crippen LogP contribution is 2.48. The molecule has 0 bridgehead atoms. The molecular weight excluding hydrogens is 391 g/mol. The lowest BCUT2D eigenvalue weighted by atomic mass is 10.2. The third-order valence-corrected chi connectivity index (χ3v) is 8.65. The van der Waals surface area contributed by atoms with Gasteiger partial charge in [0.1, 0.15) is 0 Å². The zero-order chi connectivity index (χ0) is 17.3. The molecule has 3 heteroatoms.